The van der Waals surface area contributed by atoms with Gasteiger partial charge in [-0.15, -0.1) is 0 Å². The number of nitrogens with zero attached hydrogens (tertiary/aromatic N) is 4. The van der Waals surface area contributed by atoms with Crippen LogP contribution >= 0.6 is 0 Å². The molecule has 11 heteroatoms. The summed E-state index contributed by atoms with van der Waals surface area (Å²) in [7, 11) is 0. The van der Waals surface area contributed by atoms with E-state index in [1.165, 1.54) is 18.4 Å². The highest BCUT2D eigenvalue weighted by molar-refractivity contribution is 5.93. The van der Waals surface area contributed by atoms with Crippen molar-refractivity contribution in [1.82, 2.24) is 20.4 Å². The molecule has 8 nitrogen and oxygen atoms in total. The third-order valence-electron chi connectivity index (χ3n) is 2.87. The molecule has 3 aromatic rings. The topological polar surface area (TPSA) is 98.5 Å². The van der Waals surface area contributed by atoms with Gasteiger partial charge in [0.1, 0.15) is 12.2 Å². The molecular weight excluding hydrogens is 343 g/mol. The lowest BCUT2D eigenvalue weighted by Gasteiger charge is -2.04. The van der Waals surface area contributed by atoms with Gasteiger partial charge in [-0.3, -0.25) is 9.48 Å². The van der Waals surface area contributed by atoms with Crippen molar-refractivity contribution in [3.8, 4) is 11.5 Å². The first-order chi connectivity index (χ1) is 11.9. The van der Waals surface area contributed by atoms with Crippen molar-refractivity contribution >= 4 is 12.1 Å². The van der Waals surface area contributed by atoms with E-state index in [1.54, 1.807) is 12.1 Å². The van der Waals surface area contributed by atoms with Gasteiger partial charge in [-0.05, 0) is 18.2 Å². The number of hydrazone groups is 1. The number of furan rings is 1. The van der Waals surface area contributed by atoms with Crippen LogP contribution in [0.15, 0.2) is 50.8 Å². The molecule has 3 aromatic heterocycles. The first-order valence-corrected chi connectivity index (χ1v) is 6.85. The summed E-state index contributed by atoms with van der Waals surface area (Å²) in [5.41, 5.74) is 2.29. The Hall–Kier alpha value is -3.37. The summed E-state index contributed by atoms with van der Waals surface area (Å²) in [4.78, 5) is 11.9. The average Bonchev–Trinajstić information content (AvgIpc) is 3.26. The van der Waals surface area contributed by atoms with Crippen molar-refractivity contribution in [1.29, 1.82) is 0 Å². The van der Waals surface area contributed by atoms with Crippen molar-refractivity contribution in [2.75, 3.05) is 0 Å². The number of rotatable bonds is 5. The lowest BCUT2D eigenvalue weighted by atomic mass is 10.3. The summed E-state index contributed by atoms with van der Waals surface area (Å²) < 4.78 is 47.5. The number of hydrogen-bond donors (Lipinski definition) is 1. The van der Waals surface area contributed by atoms with Gasteiger partial charge >= 0.3 is 6.18 Å². The third kappa shape index (κ3) is 4.34. The first kappa shape index (κ1) is 16.5. The molecule has 0 aliphatic heterocycles. The van der Waals surface area contributed by atoms with Crippen molar-refractivity contribution in [3.63, 3.8) is 0 Å². The number of halogens is 3. The van der Waals surface area contributed by atoms with Gasteiger partial charge < -0.3 is 8.94 Å². The smallest absolute Gasteiger partial charge is 0.408 e. The van der Waals surface area contributed by atoms with E-state index in [4.69, 9.17) is 8.94 Å². The van der Waals surface area contributed by atoms with Gasteiger partial charge in [0.05, 0.1) is 12.5 Å². The molecule has 0 aliphatic rings. The maximum atomic E-state index is 12.2. The summed E-state index contributed by atoms with van der Waals surface area (Å²) >= 11 is 0. The minimum atomic E-state index is -4.37. The Kier molecular flexibility index (Phi) is 4.37. The minimum absolute atomic E-state index is 0.0360. The van der Waals surface area contributed by atoms with E-state index in [0.29, 0.717) is 5.76 Å². The van der Waals surface area contributed by atoms with Crippen molar-refractivity contribution in [2.45, 2.75) is 12.7 Å². The highest BCUT2D eigenvalue weighted by Crippen LogP contribution is 2.20. The summed E-state index contributed by atoms with van der Waals surface area (Å²) in [6.45, 7) is -1.21. The molecule has 0 atom stereocenters. The van der Waals surface area contributed by atoms with Gasteiger partial charge in [0.25, 0.3) is 5.91 Å². The molecule has 0 bridgehead atoms. The highest BCUT2D eigenvalue weighted by Gasteiger charge is 2.28. The first-order valence-electron chi connectivity index (χ1n) is 6.85. The maximum Gasteiger partial charge on any atom is 0.408 e. The van der Waals surface area contributed by atoms with Gasteiger partial charge in [0.15, 0.2) is 11.5 Å². The Labute approximate surface area is 137 Å². The van der Waals surface area contributed by atoms with E-state index in [2.05, 4.69) is 20.8 Å². The molecule has 0 saturated heterocycles. The molecule has 3 heterocycles. The average molecular weight is 353 g/mol. The molecular formula is C14H10F3N5O3. The molecule has 0 aromatic carbocycles. The van der Waals surface area contributed by atoms with Crippen LogP contribution in [0.1, 0.15) is 16.2 Å². The van der Waals surface area contributed by atoms with Crippen LogP contribution in [0.25, 0.3) is 11.5 Å². The van der Waals surface area contributed by atoms with Crippen LogP contribution in [0.5, 0.6) is 0 Å². The van der Waals surface area contributed by atoms with E-state index in [0.717, 1.165) is 17.1 Å². The lowest BCUT2D eigenvalue weighted by molar-refractivity contribution is -0.142. The second kappa shape index (κ2) is 6.63. The molecule has 1 amide bonds. The van der Waals surface area contributed by atoms with Crippen LogP contribution < -0.4 is 5.43 Å². The molecule has 0 radical (unpaired) electrons. The molecule has 0 spiro atoms. The number of hydrogen-bond acceptors (Lipinski definition) is 6. The van der Waals surface area contributed by atoms with E-state index in [9.17, 15) is 18.0 Å². The van der Waals surface area contributed by atoms with E-state index in [-0.39, 0.29) is 17.1 Å². The predicted molar refractivity (Wildman–Crippen MR) is 77.5 cm³/mol. The zero-order chi connectivity index (χ0) is 17.9. The van der Waals surface area contributed by atoms with Gasteiger partial charge in [-0.1, -0.05) is 5.16 Å². The van der Waals surface area contributed by atoms with Gasteiger partial charge in [-0.25, -0.2) is 5.43 Å². The summed E-state index contributed by atoms with van der Waals surface area (Å²) in [5, 5.41) is 10.8. The Morgan fingerprint density at radius 3 is 2.92 bits per heavy atom. The fourth-order valence-electron chi connectivity index (χ4n) is 1.85. The van der Waals surface area contributed by atoms with Gasteiger partial charge in [0, 0.05) is 12.3 Å². The Morgan fingerprint density at radius 1 is 1.36 bits per heavy atom. The summed E-state index contributed by atoms with van der Waals surface area (Å²) in [5.74, 6) is 0.0165. The van der Waals surface area contributed by atoms with Crippen LogP contribution in [0.3, 0.4) is 0 Å². The van der Waals surface area contributed by atoms with Crippen LogP contribution in [0.4, 0.5) is 13.2 Å². The third-order valence-corrected chi connectivity index (χ3v) is 2.87. The largest absolute Gasteiger partial charge is 0.461 e. The molecule has 0 fully saturated rings. The maximum absolute atomic E-state index is 12.2. The fraction of sp³-hybridized carbons (Fsp3) is 0.143. The van der Waals surface area contributed by atoms with Crippen molar-refractivity contribution in [2.24, 2.45) is 5.10 Å². The monoisotopic (exact) mass is 353 g/mol. The second-order valence-corrected chi connectivity index (χ2v) is 4.81. The van der Waals surface area contributed by atoms with Crippen molar-refractivity contribution < 1.29 is 26.9 Å². The summed E-state index contributed by atoms with van der Waals surface area (Å²) in [6, 6.07) is 5.98. The number of aromatic nitrogens is 3. The predicted octanol–water partition coefficient (Wildman–Crippen LogP) is 2.46. The quantitative estimate of drug-likeness (QED) is 0.561. The number of alkyl halides is 3. The van der Waals surface area contributed by atoms with Crippen LogP contribution in [0, 0.1) is 0 Å². The van der Waals surface area contributed by atoms with E-state index in [1.807, 2.05) is 0 Å². The SMILES string of the molecule is O=C(N/N=C/c1ccn(CC(F)(F)F)n1)c1cc(-c2ccco2)on1. The normalized spacial score (nSPS) is 12.0. The Balaban J connectivity index is 1.58. The lowest BCUT2D eigenvalue weighted by Crippen LogP contribution is -2.19. The molecule has 25 heavy (non-hydrogen) atoms. The molecule has 0 saturated carbocycles. The molecule has 0 aliphatic carbocycles. The number of carbonyl (C=O) groups is 1. The standard InChI is InChI=1S/C14H10F3N5O3/c15-14(16,17)8-22-4-3-9(20-22)7-18-19-13(23)10-6-12(25-21-10)11-2-1-5-24-11/h1-7H,8H2,(H,19,23)/b18-7+. The molecule has 130 valence electrons. The van der Waals surface area contributed by atoms with Crippen LogP contribution in [-0.2, 0) is 6.54 Å². The molecule has 0 unspecified atom stereocenters. The van der Waals surface area contributed by atoms with Gasteiger partial charge in [-0.2, -0.15) is 23.4 Å². The zero-order valence-electron chi connectivity index (χ0n) is 12.4. The van der Waals surface area contributed by atoms with E-state index < -0.39 is 18.6 Å². The second-order valence-electron chi connectivity index (χ2n) is 4.81. The van der Waals surface area contributed by atoms with Crippen LogP contribution in [-0.4, -0.2) is 33.2 Å². The number of nitrogens with one attached hydrogen (secondary N) is 1. The number of carbonyl (C=O) groups excluding carboxylic acids is 1. The minimum Gasteiger partial charge on any atom is -0.461 e. The van der Waals surface area contributed by atoms with Crippen molar-refractivity contribution in [3.05, 3.63) is 48.1 Å². The van der Waals surface area contributed by atoms with Gasteiger partial charge in [0.2, 0.25) is 5.76 Å². The Bertz CT molecular complexity index is 880. The molecule has 1 N–H and O–H groups in total. The molecule has 3 rings (SSSR count). The van der Waals surface area contributed by atoms with E-state index >= 15 is 0 Å². The fourth-order valence-corrected chi connectivity index (χ4v) is 1.85. The number of amides is 1. The summed E-state index contributed by atoms with van der Waals surface area (Å²) in [6.07, 6.45) is -0.657. The highest BCUT2D eigenvalue weighted by atomic mass is 19.4. The zero-order valence-corrected chi connectivity index (χ0v) is 12.4. The van der Waals surface area contributed by atoms with Crippen LogP contribution in [0.2, 0.25) is 0 Å². The Morgan fingerprint density at radius 2 is 2.20 bits per heavy atom.